The lowest BCUT2D eigenvalue weighted by molar-refractivity contribution is -0.129. The van der Waals surface area contributed by atoms with Gasteiger partial charge in [0, 0.05) is 24.3 Å². The second kappa shape index (κ2) is 6.94. The van der Waals surface area contributed by atoms with Crippen molar-refractivity contribution in [3.05, 3.63) is 34.9 Å². The Morgan fingerprint density at radius 2 is 1.70 bits per heavy atom. The van der Waals surface area contributed by atoms with Crippen molar-refractivity contribution in [2.75, 3.05) is 0 Å². The molecule has 0 atom stereocenters. The summed E-state index contributed by atoms with van der Waals surface area (Å²) < 4.78 is 0. The monoisotopic (exact) mass is 314 g/mol. The van der Waals surface area contributed by atoms with Crippen LogP contribution in [0.25, 0.3) is 0 Å². The van der Waals surface area contributed by atoms with E-state index in [1.165, 1.54) is 24.0 Å². The normalized spacial score (nSPS) is 16.3. The molecule has 1 fully saturated rings. The van der Waals surface area contributed by atoms with E-state index in [1.807, 2.05) is 18.2 Å². The fourth-order valence-electron chi connectivity index (χ4n) is 2.92. The van der Waals surface area contributed by atoms with Gasteiger partial charge in [0.05, 0.1) is 0 Å². The van der Waals surface area contributed by atoms with E-state index >= 15 is 0 Å². The van der Waals surface area contributed by atoms with Crippen molar-refractivity contribution >= 4 is 17.6 Å². The third kappa shape index (κ3) is 4.18. The SMILES string of the molecule is O=C(CCC(=O)c1ccc2c(c1)CCCC2)NNC(=O)C1CC1. The van der Waals surface area contributed by atoms with Gasteiger partial charge in [-0.2, -0.15) is 0 Å². The van der Waals surface area contributed by atoms with Gasteiger partial charge < -0.3 is 0 Å². The molecule has 1 aromatic carbocycles. The molecule has 23 heavy (non-hydrogen) atoms. The van der Waals surface area contributed by atoms with Gasteiger partial charge in [-0.1, -0.05) is 12.1 Å². The maximum Gasteiger partial charge on any atom is 0.241 e. The van der Waals surface area contributed by atoms with Gasteiger partial charge in [0.15, 0.2) is 5.78 Å². The van der Waals surface area contributed by atoms with Crippen LogP contribution in [0.15, 0.2) is 18.2 Å². The van der Waals surface area contributed by atoms with E-state index in [-0.39, 0.29) is 36.4 Å². The predicted molar refractivity (Wildman–Crippen MR) is 85.7 cm³/mol. The van der Waals surface area contributed by atoms with Crippen molar-refractivity contribution in [1.29, 1.82) is 0 Å². The number of ketones is 1. The lowest BCUT2D eigenvalue weighted by atomic mass is 9.89. The summed E-state index contributed by atoms with van der Waals surface area (Å²) in [5.74, 6) is -0.445. The minimum Gasteiger partial charge on any atom is -0.294 e. The Morgan fingerprint density at radius 3 is 2.43 bits per heavy atom. The second-order valence-electron chi connectivity index (χ2n) is 6.43. The molecule has 0 radical (unpaired) electrons. The smallest absolute Gasteiger partial charge is 0.241 e. The van der Waals surface area contributed by atoms with Gasteiger partial charge >= 0.3 is 0 Å². The van der Waals surface area contributed by atoms with Gasteiger partial charge in [0.25, 0.3) is 0 Å². The van der Waals surface area contributed by atoms with Crippen LogP contribution >= 0.6 is 0 Å². The standard InChI is InChI=1S/C18H22N2O3/c21-16(9-10-17(22)19-20-18(23)13-6-7-13)15-8-5-12-3-1-2-4-14(12)11-15/h5,8,11,13H,1-4,6-7,9-10H2,(H,19,22)(H,20,23). The van der Waals surface area contributed by atoms with E-state index in [0.29, 0.717) is 5.56 Å². The first-order chi connectivity index (χ1) is 11.1. The van der Waals surface area contributed by atoms with Crippen LogP contribution in [-0.4, -0.2) is 17.6 Å². The zero-order valence-corrected chi connectivity index (χ0v) is 13.2. The Labute approximate surface area is 135 Å². The fourth-order valence-corrected chi connectivity index (χ4v) is 2.92. The van der Waals surface area contributed by atoms with E-state index in [1.54, 1.807) is 0 Å². The molecule has 5 heteroatoms. The third-order valence-corrected chi connectivity index (χ3v) is 4.52. The summed E-state index contributed by atoms with van der Waals surface area (Å²) >= 11 is 0. The summed E-state index contributed by atoms with van der Waals surface area (Å²) in [6.45, 7) is 0. The summed E-state index contributed by atoms with van der Waals surface area (Å²) in [5, 5.41) is 0. The van der Waals surface area contributed by atoms with Gasteiger partial charge in [-0.05, 0) is 55.7 Å². The van der Waals surface area contributed by atoms with Gasteiger partial charge in [0.1, 0.15) is 0 Å². The zero-order chi connectivity index (χ0) is 16.2. The first kappa shape index (κ1) is 15.7. The summed E-state index contributed by atoms with van der Waals surface area (Å²) in [4.78, 5) is 35.3. The van der Waals surface area contributed by atoms with E-state index in [4.69, 9.17) is 0 Å². The molecule has 122 valence electrons. The highest BCUT2D eigenvalue weighted by molar-refractivity contribution is 5.98. The van der Waals surface area contributed by atoms with Crippen LogP contribution in [0.3, 0.4) is 0 Å². The molecular weight excluding hydrogens is 292 g/mol. The highest BCUT2D eigenvalue weighted by atomic mass is 16.2. The first-order valence-electron chi connectivity index (χ1n) is 8.37. The number of benzene rings is 1. The van der Waals surface area contributed by atoms with E-state index in [2.05, 4.69) is 10.9 Å². The van der Waals surface area contributed by atoms with E-state index in [9.17, 15) is 14.4 Å². The van der Waals surface area contributed by atoms with Crippen LogP contribution < -0.4 is 10.9 Å². The number of hydrogen-bond donors (Lipinski definition) is 2. The quantitative estimate of drug-likeness (QED) is 0.645. The summed E-state index contributed by atoms with van der Waals surface area (Å²) in [6.07, 6.45) is 6.53. The lowest BCUT2D eigenvalue weighted by Gasteiger charge is -2.16. The molecule has 2 aliphatic carbocycles. The molecule has 0 spiro atoms. The Bertz CT molecular complexity index is 635. The number of rotatable bonds is 5. The lowest BCUT2D eigenvalue weighted by Crippen LogP contribution is -2.42. The van der Waals surface area contributed by atoms with Gasteiger partial charge in [0.2, 0.25) is 11.8 Å². The van der Waals surface area contributed by atoms with Crippen molar-refractivity contribution in [1.82, 2.24) is 10.9 Å². The highest BCUT2D eigenvalue weighted by Gasteiger charge is 2.29. The highest BCUT2D eigenvalue weighted by Crippen LogP contribution is 2.28. The number of Topliss-reactive ketones (excluding diaryl/α,β-unsaturated/α-hetero) is 1. The summed E-state index contributed by atoms with van der Waals surface area (Å²) in [5.41, 5.74) is 8.06. The number of hydrazine groups is 1. The van der Waals surface area contributed by atoms with Crippen LogP contribution in [0.2, 0.25) is 0 Å². The van der Waals surface area contributed by atoms with Crippen LogP contribution in [0.5, 0.6) is 0 Å². The fraction of sp³-hybridized carbons (Fsp3) is 0.500. The molecule has 0 aromatic heterocycles. The zero-order valence-electron chi connectivity index (χ0n) is 13.2. The molecule has 0 unspecified atom stereocenters. The number of aryl methyl sites for hydroxylation is 2. The number of amides is 2. The molecule has 5 nitrogen and oxygen atoms in total. The largest absolute Gasteiger partial charge is 0.294 e. The number of fused-ring (bicyclic) bond motifs is 1. The van der Waals surface area contributed by atoms with E-state index in [0.717, 1.165) is 25.7 Å². The number of hydrogen-bond acceptors (Lipinski definition) is 3. The molecule has 0 aliphatic heterocycles. The van der Waals surface area contributed by atoms with E-state index < -0.39 is 0 Å². The molecule has 2 amide bonds. The van der Waals surface area contributed by atoms with Crippen LogP contribution in [0.4, 0.5) is 0 Å². The Kier molecular flexibility index (Phi) is 4.74. The van der Waals surface area contributed by atoms with Gasteiger partial charge in [-0.25, -0.2) is 0 Å². The van der Waals surface area contributed by atoms with Crippen LogP contribution in [0.1, 0.15) is 60.0 Å². The molecule has 0 bridgehead atoms. The summed E-state index contributed by atoms with van der Waals surface area (Å²) in [7, 11) is 0. The van der Waals surface area contributed by atoms with Crippen molar-refractivity contribution in [3.63, 3.8) is 0 Å². The predicted octanol–water partition coefficient (Wildman–Crippen LogP) is 2.09. The van der Waals surface area contributed by atoms with Gasteiger partial charge in [-0.15, -0.1) is 0 Å². The van der Waals surface area contributed by atoms with Crippen molar-refractivity contribution in [2.45, 2.75) is 51.4 Å². The Balaban J connectivity index is 1.46. The van der Waals surface area contributed by atoms with Crippen LogP contribution in [0, 0.1) is 5.92 Å². The maximum atomic E-state index is 12.2. The Morgan fingerprint density at radius 1 is 0.957 bits per heavy atom. The average Bonchev–Trinajstić information content (AvgIpc) is 3.42. The summed E-state index contributed by atoms with van der Waals surface area (Å²) in [6, 6.07) is 5.88. The average molecular weight is 314 g/mol. The molecule has 1 aromatic rings. The number of carbonyl (C=O) groups is 3. The minimum absolute atomic E-state index is 0.0259. The van der Waals surface area contributed by atoms with Gasteiger partial charge in [-0.3, -0.25) is 25.2 Å². The molecular formula is C18H22N2O3. The molecule has 3 rings (SSSR count). The van der Waals surface area contributed by atoms with Crippen molar-refractivity contribution < 1.29 is 14.4 Å². The molecule has 0 heterocycles. The Hall–Kier alpha value is -2.17. The van der Waals surface area contributed by atoms with Crippen molar-refractivity contribution in [3.8, 4) is 0 Å². The molecule has 2 N–H and O–H groups in total. The third-order valence-electron chi connectivity index (χ3n) is 4.52. The topological polar surface area (TPSA) is 75.3 Å². The van der Waals surface area contributed by atoms with Crippen LogP contribution in [-0.2, 0) is 22.4 Å². The molecule has 2 aliphatic rings. The number of nitrogens with one attached hydrogen (secondary N) is 2. The number of carbonyl (C=O) groups excluding carboxylic acids is 3. The molecule has 1 saturated carbocycles. The second-order valence-corrected chi connectivity index (χ2v) is 6.43. The first-order valence-corrected chi connectivity index (χ1v) is 8.37. The molecule has 0 saturated heterocycles. The minimum atomic E-state index is -0.328. The maximum absolute atomic E-state index is 12.2. The van der Waals surface area contributed by atoms with Crippen molar-refractivity contribution in [2.24, 2.45) is 5.92 Å².